The zero-order valence-electron chi connectivity index (χ0n) is 11.1. The van der Waals surface area contributed by atoms with Crippen LogP contribution in [-0.2, 0) is 25.6 Å². The molecule has 0 atom stereocenters. The summed E-state index contributed by atoms with van der Waals surface area (Å²) < 4.78 is 31.3. The molecule has 0 aromatic carbocycles. The van der Waals surface area contributed by atoms with Gasteiger partial charge in [0, 0.05) is 6.20 Å². The predicted molar refractivity (Wildman–Crippen MR) is 71.6 cm³/mol. The van der Waals surface area contributed by atoms with Crippen molar-refractivity contribution in [2.45, 2.75) is 33.0 Å². The normalized spacial score (nSPS) is 12.2. The fourth-order valence-corrected chi connectivity index (χ4v) is 2.12. The Bertz CT molecular complexity index is 545. The molecule has 9 heteroatoms. The number of ether oxygens (including phenoxy) is 1. The number of anilines is 1. The number of rotatable bonds is 4. The van der Waals surface area contributed by atoms with Gasteiger partial charge in [-0.1, -0.05) is 11.3 Å². The summed E-state index contributed by atoms with van der Waals surface area (Å²) in [6.07, 6.45) is 1.79. The van der Waals surface area contributed by atoms with Crippen LogP contribution in [0.3, 0.4) is 0 Å². The zero-order valence-corrected chi connectivity index (χ0v) is 12.7. The molecule has 1 N–H and O–H groups in total. The van der Waals surface area contributed by atoms with Gasteiger partial charge in [-0.05, 0) is 20.8 Å². The molecule has 1 aromatic heterocycles. The van der Waals surface area contributed by atoms with E-state index >= 15 is 0 Å². The molecule has 1 heterocycles. The van der Waals surface area contributed by atoms with Crippen molar-refractivity contribution in [3.63, 3.8) is 0 Å². The molecule has 0 bridgehead atoms. The Morgan fingerprint density at radius 2 is 2.11 bits per heavy atom. The van der Waals surface area contributed by atoms with Crippen molar-refractivity contribution in [1.82, 2.24) is 4.98 Å². The Balaban J connectivity index is 2.53. The third-order valence-electron chi connectivity index (χ3n) is 1.58. The minimum Gasteiger partial charge on any atom is -0.444 e. The van der Waals surface area contributed by atoms with E-state index in [0.29, 0.717) is 10.0 Å². The van der Waals surface area contributed by atoms with Crippen molar-refractivity contribution in [3.8, 4) is 0 Å². The van der Waals surface area contributed by atoms with Crippen LogP contribution >= 0.6 is 11.3 Å². The largest absolute Gasteiger partial charge is 0.444 e. The van der Waals surface area contributed by atoms with Crippen molar-refractivity contribution in [2.24, 2.45) is 0 Å². The molecule has 0 aliphatic rings. The summed E-state index contributed by atoms with van der Waals surface area (Å²) in [5.41, 5.74) is -0.594. The summed E-state index contributed by atoms with van der Waals surface area (Å²) in [6, 6.07) is 0. The Labute approximate surface area is 116 Å². The minimum absolute atomic E-state index is 0.105. The summed E-state index contributed by atoms with van der Waals surface area (Å²) in [7, 11) is -3.49. The Hall–Kier alpha value is -1.19. The highest BCUT2D eigenvalue weighted by atomic mass is 32.2. The molecular weight excluding hydrogens is 292 g/mol. The van der Waals surface area contributed by atoms with Crippen LogP contribution in [0.5, 0.6) is 0 Å². The van der Waals surface area contributed by atoms with Crippen molar-refractivity contribution in [1.29, 1.82) is 0 Å². The number of hydrogen-bond donors (Lipinski definition) is 1. The Morgan fingerprint density at radius 3 is 2.63 bits per heavy atom. The topological polar surface area (TPSA) is 94.6 Å². The maximum atomic E-state index is 11.5. The second-order valence-electron chi connectivity index (χ2n) is 4.72. The molecule has 1 amide bonds. The second kappa shape index (κ2) is 5.85. The first-order chi connectivity index (χ1) is 8.55. The van der Waals surface area contributed by atoms with Crippen molar-refractivity contribution in [3.05, 3.63) is 11.1 Å². The second-order valence-corrected chi connectivity index (χ2v) is 7.48. The number of nitrogens with zero attached hydrogens (tertiary/aromatic N) is 1. The quantitative estimate of drug-likeness (QED) is 0.854. The van der Waals surface area contributed by atoms with Gasteiger partial charge in [-0.15, -0.1) is 0 Å². The van der Waals surface area contributed by atoms with Gasteiger partial charge in [-0.3, -0.25) is 9.50 Å². The predicted octanol–water partition coefficient (Wildman–Crippen LogP) is 1.97. The van der Waals surface area contributed by atoms with Crippen molar-refractivity contribution in [2.75, 3.05) is 11.6 Å². The number of nitrogens with one attached hydrogen (secondary N) is 1. The molecule has 1 rings (SSSR count). The molecule has 108 valence electrons. The van der Waals surface area contributed by atoms with E-state index in [1.54, 1.807) is 20.8 Å². The summed E-state index contributed by atoms with van der Waals surface area (Å²) >= 11 is 1.12. The molecule has 0 spiro atoms. The van der Waals surface area contributed by atoms with Gasteiger partial charge >= 0.3 is 6.09 Å². The monoisotopic (exact) mass is 308 g/mol. The van der Waals surface area contributed by atoms with Crippen LogP contribution in [0.15, 0.2) is 6.20 Å². The van der Waals surface area contributed by atoms with Crippen LogP contribution in [0, 0.1) is 0 Å². The van der Waals surface area contributed by atoms with Gasteiger partial charge in [0.05, 0.1) is 11.1 Å². The van der Waals surface area contributed by atoms with Crippen molar-refractivity contribution < 1.29 is 22.1 Å². The van der Waals surface area contributed by atoms with Gasteiger partial charge in [0.1, 0.15) is 12.2 Å². The average molecular weight is 308 g/mol. The first-order valence-electron chi connectivity index (χ1n) is 5.34. The molecule has 0 fully saturated rings. The zero-order chi connectivity index (χ0) is 14.7. The first-order valence-corrected chi connectivity index (χ1v) is 7.97. The summed E-state index contributed by atoms with van der Waals surface area (Å²) in [5, 5.41) is 2.78. The van der Waals surface area contributed by atoms with Crippen LogP contribution in [0.4, 0.5) is 9.93 Å². The van der Waals surface area contributed by atoms with Gasteiger partial charge in [-0.2, -0.15) is 8.42 Å². The molecule has 0 saturated carbocycles. The molecule has 0 saturated heterocycles. The molecule has 7 nitrogen and oxygen atoms in total. The van der Waals surface area contributed by atoms with Crippen LogP contribution in [-0.4, -0.2) is 31.4 Å². The highest BCUT2D eigenvalue weighted by Gasteiger charge is 2.17. The molecule has 19 heavy (non-hydrogen) atoms. The van der Waals surface area contributed by atoms with Crippen LogP contribution in [0.25, 0.3) is 0 Å². The third kappa shape index (κ3) is 7.09. The van der Waals surface area contributed by atoms with Gasteiger partial charge < -0.3 is 4.74 Å². The van der Waals surface area contributed by atoms with Crippen LogP contribution < -0.4 is 5.32 Å². The maximum Gasteiger partial charge on any atom is 0.413 e. The highest BCUT2D eigenvalue weighted by Crippen LogP contribution is 2.20. The molecule has 0 radical (unpaired) electrons. The SMILES string of the molecule is CC(C)(C)OC(=O)Nc1ncc(COS(C)(=O)=O)s1. The molecule has 0 aliphatic carbocycles. The number of carbonyl (C=O) groups is 1. The van der Waals surface area contributed by atoms with Gasteiger partial charge in [0.25, 0.3) is 10.1 Å². The first kappa shape index (κ1) is 15.9. The van der Waals surface area contributed by atoms with Crippen LogP contribution in [0.1, 0.15) is 25.6 Å². The number of aromatic nitrogens is 1. The minimum atomic E-state index is -3.49. The van der Waals surface area contributed by atoms with E-state index in [1.807, 2.05) is 0 Å². The molecule has 1 aromatic rings. The summed E-state index contributed by atoms with van der Waals surface area (Å²) in [5.74, 6) is 0. The fourth-order valence-electron chi connectivity index (χ4n) is 0.988. The standard InChI is InChI=1S/C10H16N2O5S2/c1-10(2,3)17-9(13)12-8-11-5-7(18-8)6-16-19(4,14)15/h5H,6H2,1-4H3,(H,11,12,13). The number of hydrogen-bond acceptors (Lipinski definition) is 7. The Kier molecular flexibility index (Phi) is 4.88. The highest BCUT2D eigenvalue weighted by molar-refractivity contribution is 7.85. The van der Waals surface area contributed by atoms with Crippen molar-refractivity contribution >= 4 is 32.7 Å². The summed E-state index contributed by atoms with van der Waals surface area (Å²) in [6.45, 7) is 5.14. The van der Waals surface area contributed by atoms with E-state index in [0.717, 1.165) is 17.6 Å². The smallest absolute Gasteiger partial charge is 0.413 e. The summed E-state index contributed by atoms with van der Waals surface area (Å²) in [4.78, 5) is 16.0. The lowest BCUT2D eigenvalue weighted by Crippen LogP contribution is -2.27. The van der Waals surface area contributed by atoms with E-state index in [9.17, 15) is 13.2 Å². The van der Waals surface area contributed by atoms with E-state index in [2.05, 4.69) is 14.5 Å². The van der Waals surface area contributed by atoms with E-state index < -0.39 is 21.8 Å². The average Bonchev–Trinajstić information content (AvgIpc) is 2.58. The van der Waals surface area contributed by atoms with Crippen LogP contribution in [0.2, 0.25) is 0 Å². The lowest BCUT2D eigenvalue weighted by molar-refractivity contribution is 0.0636. The van der Waals surface area contributed by atoms with E-state index in [-0.39, 0.29) is 6.61 Å². The Morgan fingerprint density at radius 1 is 1.47 bits per heavy atom. The van der Waals surface area contributed by atoms with E-state index in [1.165, 1.54) is 6.20 Å². The molecule has 0 unspecified atom stereocenters. The fraction of sp³-hybridized carbons (Fsp3) is 0.600. The van der Waals surface area contributed by atoms with E-state index in [4.69, 9.17) is 4.74 Å². The maximum absolute atomic E-state index is 11.5. The third-order valence-corrected chi connectivity index (χ3v) is 3.01. The number of thiazole rings is 1. The molecular formula is C10H16N2O5S2. The van der Waals surface area contributed by atoms with Gasteiger partial charge in [0.15, 0.2) is 5.13 Å². The molecule has 0 aliphatic heterocycles. The van der Waals surface area contributed by atoms with Gasteiger partial charge in [0.2, 0.25) is 0 Å². The lowest BCUT2D eigenvalue weighted by atomic mass is 10.2. The van der Waals surface area contributed by atoms with Gasteiger partial charge in [-0.25, -0.2) is 9.78 Å². The lowest BCUT2D eigenvalue weighted by Gasteiger charge is -2.18. The number of carbonyl (C=O) groups excluding carboxylic acids is 1. The number of amides is 1.